The molecule has 0 amide bonds. The lowest BCUT2D eigenvalue weighted by Crippen LogP contribution is -2.19. The Balaban J connectivity index is 2.00. The number of aromatic carboxylic acids is 1. The normalized spacial score (nSPS) is 12.2. The van der Waals surface area contributed by atoms with E-state index in [0.717, 1.165) is 32.3 Å². The highest BCUT2D eigenvalue weighted by Crippen LogP contribution is 2.43. The molecular formula is C26H18O4. The third-order valence-electron chi connectivity index (χ3n) is 5.58. The number of rotatable bonds is 2. The summed E-state index contributed by atoms with van der Waals surface area (Å²) >= 11 is 0. The van der Waals surface area contributed by atoms with Crippen LogP contribution in [-0.2, 0) is 0 Å². The van der Waals surface area contributed by atoms with E-state index < -0.39 is 5.97 Å². The number of carboxylic acids is 1. The van der Waals surface area contributed by atoms with Gasteiger partial charge in [-0.25, -0.2) is 4.79 Å². The molecule has 146 valence electrons. The zero-order valence-corrected chi connectivity index (χ0v) is 16.3. The largest absolute Gasteiger partial charge is 0.508 e. The summed E-state index contributed by atoms with van der Waals surface area (Å²) in [5.41, 5.74) is 2.95. The van der Waals surface area contributed by atoms with Gasteiger partial charge in [0.25, 0.3) is 0 Å². The quantitative estimate of drug-likeness (QED) is 0.468. The molecule has 0 unspecified atom stereocenters. The van der Waals surface area contributed by atoms with Crippen molar-refractivity contribution in [1.82, 2.24) is 0 Å². The molecule has 4 nitrogen and oxygen atoms in total. The van der Waals surface area contributed by atoms with Crippen LogP contribution in [-0.4, -0.2) is 16.2 Å². The Labute approximate surface area is 172 Å². The summed E-state index contributed by atoms with van der Waals surface area (Å²) in [5.74, 6) is 0.307. The minimum atomic E-state index is -0.995. The van der Waals surface area contributed by atoms with Crippen molar-refractivity contribution in [3.8, 4) is 17.2 Å². The van der Waals surface area contributed by atoms with Gasteiger partial charge in [-0.1, -0.05) is 43.0 Å². The van der Waals surface area contributed by atoms with Crippen LogP contribution in [0.4, 0.5) is 0 Å². The van der Waals surface area contributed by atoms with E-state index in [-0.39, 0.29) is 11.3 Å². The average Bonchev–Trinajstić information content (AvgIpc) is 2.74. The average molecular weight is 394 g/mol. The first-order valence-corrected chi connectivity index (χ1v) is 9.55. The lowest BCUT2D eigenvalue weighted by molar-refractivity contribution is 0.0696. The van der Waals surface area contributed by atoms with E-state index >= 15 is 0 Å². The smallest absolute Gasteiger partial charge is 0.336 e. The number of hydrogen-bond acceptors (Lipinski definition) is 3. The maximum Gasteiger partial charge on any atom is 0.336 e. The molecule has 0 spiro atoms. The highest BCUT2D eigenvalue weighted by Gasteiger charge is 2.26. The molecule has 0 saturated carbocycles. The van der Waals surface area contributed by atoms with Gasteiger partial charge in [0, 0.05) is 27.3 Å². The Morgan fingerprint density at radius 2 is 1.73 bits per heavy atom. The maximum absolute atomic E-state index is 12.0. The van der Waals surface area contributed by atoms with E-state index in [1.807, 2.05) is 42.5 Å². The summed E-state index contributed by atoms with van der Waals surface area (Å²) in [6.45, 7) is 5.78. The molecule has 0 radical (unpaired) electrons. The van der Waals surface area contributed by atoms with E-state index in [9.17, 15) is 15.0 Å². The lowest BCUT2D eigenvalue weighted by Gasteiger charge is -2.25. The van der Waals surface area contributed by atoms with Gasteiger partial charge in [-0.3, -0.25) is 0 Å². The third kappa shape index (κ3) is 2.58. The second kappa shape index (κ2) is 6.49. The predicted octanol–water partition coefficient (Wildman–Crippen LogP) is 4.32. The molecule has 30 heavy (non-hydrogen) atoms. The highest BCUT2D eigenvalue weighted by atomic mass is 16.5. The van der Waals surface area contributed by atoms with E-state index in [2.05, 4.69) is 6.58 Å². The Morgan fingerprint density at radius 1 is 0.933 bits per heavy atom. The zero-order chi connectivity index (χ0) is 21.0. The molecule has 0 aromatic heterocycles. The van der Waals surface area contributed by atoms with Gasteiger partial charge in [-0.2, -0.15) is 0 Å². The van der Waals surface area contributed by atoms with Crippen molar-refractivity contribution in [2.45, 2.75) is 6.92 Å². The number of benzene rings is 4. The van der Waals surface area contributed by atoms with Crippen LogP contribution in [0.2, 0.25) is 0 Å². The van der Waals surface area contributed by atoms with Crippen LogP contribution in [0.1, 0.15) is 27.0 Å². The van der Waals surface area contributed by atoms with Gasteiger partial charge in [-0.15, -0.1) is 0 Å². The molecule has 2 N–H and O–H groups in total. The zero-order valence-electron chi connectivity index (χ0n) is 16.3. The van der Waals surface area contributed by atoms with Crippen molar-refractivity contribution in [3.05, 3.63) is 99.4 Å². The molecule has 1 aliphatic heterocycles. The van der Waals surface area contributed by atoms with Crippen LogP contribution in [0.3, 0.4) is 0 Å². The molecule has 4 heteroatoms. The SMILES string of the molecule is C=c1ccc2c3c(ccc2c1)=C(c1ccccc1C(=O)O)c1ccc(O)c(C)c1O3. The monoisotopic (exact) mass is 394 g/mol. The Morgan fingerprint density at radius 3 is 2.53 bits per heavy atom. The topological polar surface area (TPSA) is 66.8 Å². The second-order valence-corrected chi connectivity index (χ2v) is 7.41. The summed E-state index contributed by atoms with van der Waals surface area (Å²) < 4.78 is 6.35. The molecule has 5 rings (SSSR count). The molecule has 0 bridgehead atoms. The van der Waals surface area contributed by atoms with Crippen molar-refractivity contribution in [2.24, 2.45) is 0 Å². The summed E-state index contributed by atoms with van der Waals surface area (Å²) in [5, 5.41) is 23.7. The molecule has 1 heterocycles. The van der Waals surface area contributed by atoms with Crippen molar-refractivity contribution < 1.29 is 19.7 Å². The first kappa shape index (κ1) is 18.0. The lowest BCUT2D eigenvalue weighted by atomic mass is 9.88. The summed E-state index contributed by atoms with van der Waals surface area (Å²) in [7, 11) is 0. The summed E-state index contributed by atoms with van der Waals surface area (Å²) in [6.07, 6.45) is 0. The second-order valence-electron chi connectivity index (χ2n) is 7.41. The third-order valence-corrected chi connectivity index (χ3v) is 5.58. The molecule has 4 aromatic rings. The van der Waals surface area contributed by atoms with Crippen LogP contribution in [0, 0.1) is 6.92 Å². The van der Waals surface area contributed by atoms with Crippen molar-refractivity contribution >= 4 is 28.9 Å². The van der Waals surface area contributed by atoms with E-state index in [0.29, 0.717) is 22.6 Å². The van der Waals surface area contributed by atoms with E-state index in [4.69, 9.17) is 4.74 Å². The first-order chi connectivity index (χ1) is 14.5. The molecule has 0 fully saturated rings. The van der Waals surface area contributed by atoms with Crippen molar-refractivity contribution in [3.63, 3.8) is 0 Å². The number of fused-ring (bicyclic) bond motifs is 4. The summed E-state index contributed by atoms with van der Waals surface area (Å²) in [6, 6.07) is 20.1. The fourth-order valence-corrected chi connectivity index (χ4v) is 4.09. The van der Waals surface area contributed by atoms with E-state index in [1.165, 1.54) is 0 Å². The highest BCUT2D eigenvalue weighted by molar-refractivity contribution is 6.00. The minimum Gasteiger partial charge on any atom is -0.508 e. The first-order valence-electron chi connectivity index (χ1n) is 9.55. The Hall–Kier alpha value is -4.05. The van der Waals surface area contributed by atoms with Crippen LogP contribution in [0.15, 0.2) is 66.7 Å². The molecular weight excluding hydrogens is 376 g/mol. The number of phenols is 1. The van der Waals surface area contributed by atoms with Crippen molar-refractivity contribution in [1.29, 1.82) is 0 Å². The van der Waals surface area contributed by atoms with Crippen LogP contribution >= 0.6 is 0 Å². The van der Waals surface area contributed by atoms with E-state index in [1.54, 1.807) is 31.2 Å². The van der Waals surface area contributed by atoms with Gasteiger partial charge in [0.15, 0.2) is 0 Å². The van der Waals surface area contributed by atoms with Gasteiger partial charge >= 0.3 is 5.97 Å². The van der Waals surface area contributed by atoms with Crippen molar-refractivity contribution in [2.75, 3.05) is 0 Å². The fourth-order valence-electron chi connectivity index (χ4n) is 4.09. The van der Waals surface area contributed by atoms with Gasteiger partial charge in [-0.05, 0) is 53.4 Å². The van der Waals surface area contributed by atoms with Crippen LogP contribution in [0.5, 0.6) is 17.2 Å². The molecule has 0 atom stereocenters. The number of carboxylic acid groups (broad SMARTS) is 1. The maximum atomic E-state index is 12.0. The molecule has 4 aromatic carbocycles. The number of hydrogen-bond donors (Lipinski definition) is 2. The number of ether oxygens (including phenoxy) is 1. The van der Waals surface area contributed by atoms with Gasteiger partial charge in [0.1, 0.15) is 17.2 Å². The molecule has 0 saturated heterocycles. The molecule has 0 aliphatic carbocycles. The van der Waals surface area contributed by atoms with Crippen LogP contribution in [0.25, 0.3) is 22.9 Å². The Bertz CT molecular complexity index is 1480. The van der Waals surface area contributed by atoms with Gasteiger partial charge in [0.05, 0.1) is 5.56 Å². The Kier molecular flexibility index (Phi) is 3.90. The molecule has 1 aliphatic rings. The number of carbonyl (C=O) groups is 1. The van der Waals surface area contributed by atoms with Gasteiger partial charge < -0.3 is 14.9 Å². The number of phenolic OH excluding ortho intramolecular Hbond substituents is 1. The summed E-state index contributed by atoms with van der Waals surface area (Å²) in [4.78, 5) is 12.0. The predicted molar refractivity (Wildman–Crippen MR) is 117 cm³/mol. The standard InChI is InChI=1S/C26H18O4/c1-14-7-9-17-16(13-14)8-10-21-23(18-5-3-4-6-19(18)26(28)29)20-11-12-22(27)15(2)24(20)30-25(17)21/h3-13,27H,1H2,2H3,(H,28,29). The van der Waals surface area contributed by atoms with Gasteiger partial charge in [0.2, 0.25) is 0 Å². The number of aromatic hydroxyl groups is 1. The fraction of sp³-hybridized carbons (Fsp3) is 0.0385. The van der Waals surface area contributed by atoms with Crippen LogP contribution < -0.4 is 15.2 Å². The minimum absolute atomic E-state index is 0.128.